The van der Waals surface area contributed by atoms with E-state index in [9.17, 15) is 13.2 Å². The number of aromatic nitrogens is 4. The van der Waals surface area contributed by atoms with E-state index in [2.05, 4.69) is 20.2 Å². The van der Waals surface area contributed by atoms with E-state index in [0.29, 0.717) is 24.2 Å². The van der Waals surface area contributed by atoms with Gasteiger partial charge in [0.15, 0.2) is 5.82 Å². The Hall–Kier alpha value is -2.19. The SMILES string of the molecule is CCC(Cc1cn[nH]c2ncnc1-2)C(Cc1ccc(C(F)(F)F)cc1Cl)OC. The molecule has 0 saturated carbocycles. The van der Waals surface area contributed by atoms with Crippen molar-refractivity contribution in [3.63, 3.8) is 0 Å². The van der Waals surface area contributed by atoms with Gasteiger partial charge in [-0.05, 0) is 30.0 Å². The molecule has 9 heteroatoms. The number of methoxy groups -OCH3 is 1. The summed E-state index contributed by atoms with van der Waals surface area (Å²) in [5, 5.41) is 6.99. The zero-order valence-electron chi connectivity index (χ0n) is 15.4. The van der Waals surface area contributed by atoms with Gasteiger partial charge >= 0.3 is 6.18 Å². The van der Waals surface area contributed by atoms with Gasteiger partial charge in [0, 0.05) is 24.1 Å². The van der Waals surface area contributed by atoms with Crippen LogP contribution in [0.2, 0.25) is 5.02 Å². The van der Waals surface area contributed by atoms with Crippen molar-refractivity contribution in [2.45, 2.75) is 38.5 Å². The predicted molar refractivity (Wildman–Crippen MR) is 99.2 cm³/mol. The largest absolute Gasteiger partial charge is 0.416 e. The first-order valence-electron chi connectivity index (χ1n) is 8.84. The Morgan fingerprint density at radius 2 is 1.96 bits per heavy atom. The Balaban J connectivity index is 1.79. The fourth-order valence-corrected chi connectivity index (χ4v) is 3.59. The monoisotopic (exact) mass is 412 g/mol. The van der Waals surface area contributed by atoms with Crippen LogP contribution in [0.15, 0.2) is 30.7 Å². The fourth-order valence-electron chi connectivity index (χ4n) is 3.33. The third-order valence-electron chi connectivity index (χ3n) is 4.93. The number of nitrogens with one attached hydrogen (secondary N) is 1. The van der Waals surface area contributed by atoms with Crippen LogP contribution >= 0.6 is 11.6 Å². The Morgan fingerprint density at radius 3 is 2.61 bits per heavy atom. The molecule has 2 aliphatic rings. The van der Waals surface area contributed by atoms with Gasteiger partial charge in [0.2, 0.25) is 0 Å². The van der Waals surface area contributed by atoms with Crippen LogP contribution in [-0.2, 0) is 23.8 Å². The zero-order chi connectivity index (χ0) is 20.3. The molecule has 0 aliphatic carbocycles. The lowest BCUT2D eigenvalue weighted by molar-refractivity contribution is -0.137. The minimum absolute atomic E-state index is 0.0898. The molecule has 2 heterocycles. The molecule has 1 aromatic carbocycles. The lowest BCUT2D eigenvalue weighted by Gasteiger charge is -2.26. The number of ether oxygens (including phenoxy) is 1. The van der Waals surface area contributed by atoms with E-state index in [4.69, 9.17) is 16.3 Å². The molecule has 0 saturated heterocycles. The van der Waals surface area contributed by atoms with Crippen LogP contribution in [0.3, 0.4) is 0 Å². The lowest BCUT2D eigenvalue weighted by atomic mass is 9.88. The molecule has 0 fully saturated rings. The second-order valence-corrected chi connectivity index (χ2v) is 7.03. The van der Waals surface area contributed by atoms with Gasteiger partial charge in [0.25, 0.3) is 0 Å². The summed E-state index contributed by atoms with van der Waals surface area (Å²) in [6, 6.07) is 3.43. The molecule has 0 radical (unpaired) electrons. The van der Waals surface area contributed by atoms with Gasteiger partial charge in [-0.15, -0.1) is 0 Å². The topological polar surface area (TPSA) is 63.7 Å². The smallest absolute Gasteiger partial charge is 0.381 e. The molecule has 0 bridgehead atoms. The fraction of sp³-hybridized carbons (Fsp3) is 0.421. The molecule has 0 aromatic heterocycles. The highest BCUT2D eigenvalue weighted by molar-refractivity contribution is 6.31. The molecule has 0 amide bonds. The summed E-state index contributed by atoms with van der Waals surface area (Å²) < 4.78 is 44.2. The number of nitrogens with zero attached hydrogens (tertiary/aromatic N) is 3. The molecule has 5 nitrogen and oxygen atoms in total. The molecule has 1 aromatic rings. The van der Waals surface area contributed by atoms with Crippen LogP contribution in [0.1, 0.15) is 30.0 Å². The number of fused-ring (bicyclic) bond motifs is 1. The van der Waals surface area contributed by atoms with E-state index < -0.39 is 11.7 Å². The van der Waals surface area contributed by atoms with Gasteiger partial charge in [-0.2, -0.15) is 18.3 Å². The normalized spacial score (nSPS) is 14.4. The summed E-state index contributed by atoms with van der Waals surface area (Å²) >= 11 is 6.12. The van der Waals surface area contributed by atoms with E-state index in [0.717, 1.165) is 29.8 Å². The number of benzene rings is 1. The van der Waals surface area contributed by atoms with Gasteiger partial charge < -0.3 is 4.74 Å². The van der Waals surface area contributed by atoms with Gasteiger partial charge in [0.1, 0.15) is 12.0 Å². The summed E-state index contributed by atoms with van der Waals surface area (Å²) in [4.78, 5) is 8.39. The number of imidazole rings is 1. The number of alkyl halides is 3. The Kier molecular flexibility index (Phi) is 6.20. The summed E-state index contributed by atoms with van der Waals surface area (Å²) in [6.07, 6.45) is 0.434. The minimum atomic E-state index is -4.42. The van der Waals surface area contributed by atoms with Crippen molar-refractivity contribution in [1.82, 2.24) is 20.2 Å². The third-order valence-corrected chi connectivity index (χ3v) is 5.28. The molecule has 2 aliphatic heterocycles. The summed E-state index contributed by atoms with van der Waals surface area (Å²) in [5.74, 6) is 0.722. The number of aromatic amines is 1. The first-order valence-corrected chi connectivity index (χ1v) is 9.22. The number of rotatable bonds is 7. The summed E-state index contributed by atoms with van der Waals surface area (Å²) in [7, 11) is 1.60. The first-order chi connectivity index (χ1) is 13.3. The van der Waals surface area contributed by atoms with Crippen molar-refractivity contribution in [2.24, 2.45) is 5.92 Å². The van der Waals surface area contributed by atoms with Crippen molar-refractivity contribution >= 4 is 11.6 Å². The molecule has 3 rings (SSSR count). The van der Waals surface area contributed by atoms with Gasteiger partial charge in [-0.1, -0.05) is 31.0 Å². The van der Waals surface area contributed by atoms with E-state index in [-0.39, 0.29) is 17.0 Å². The number of hydrogen-bond acceptors (Lipinski definition) is 4. The highest BCUT2D eigenvalue weighted by Crippen LogP contribution is 2.33. The second kappa shape index (κ2) is 8.45. The molecular weight excluding hydrogens is 393 g/mol. The Morgan fingerprint density at radius 1 is 1.18 bits per heavy atom. The maximum atomic E-state index is 12.9. The summed E-state index contributed by atoms with van der Waals surface area (Å²) in [5.41, 5.74) is 1.57. The molecule has 28 heavy (non-hydrogen) atoms. The van der Waals surface area contributed by atoms with E-state index in [1.165, 1.54) is 12.4 Å². The zero-order valence-corrected chi connectivity index (χ0v) is 16.2. The van der Waals surface area contributed by atoms with Crippen LogP contribution in [-0.4, -0.2) is 33.4 Å². The van der Waals surface area contributed by atoms with Gasteiger partial charge in [0.05, 0.1) is 17.9 Å². The van der Waals surface area contributed by atoms with Crippen LogP contribution in [0.4, 0.5) is 13.2 Å². The second-order valence-electron chi connectivity index (χ2n) is 6.62. The molecule has 150 valence electrons. The van der Waals surface area contributed by atoms with Crippen molar-refractivity contribution in [2.75, 3.05) is 7.11 Å². The lowest BCUT2D eigenvalue weighted by Crippen LogP contribution is -2.27. The summed E-state index contributed by atoms with van der Waals surface area (Å²) in [6.45, 7) is 2.04. The molecule has 0 spiro atoms. The third kappa shape index (κ3) is 4.44. The Labute approximate surface area is 165 Å². The molecule has 1 N–H and O–H groups in total. The number of halogens is 4. The predicted octanol–water partition coefficient (Wildman–Crippen LogP) is 4.80. The van der Waals surface area contributed by atoms with E-state index >= 15 is 0 Å². The highest BCUT2D eigenvalue weighted by atomic mass is 35.5. The highest BCUT2D eigenvalue weighted by Gasteiger charge is 2.31. The van der Waals surface area contributed by atoms with Crippen molar-refractivity contribution < 1.29 is 17.9 Å². The number of hydrogen-bond donors (Lipinski definition) is 1. The average Bonchev–Trinajstić information content (AvgIpc) is 3.14. The van der Waals surface area contributed by atoms with Crippen LogP contribution in [0.5, 0.6) is 0 Å². The van der Waals surface area contributed by atoms with E-state index in [1.807, 2.05) is 6.92 Å². The van der Waals surface area contributed by atoms with Crippen molar-refractivity contribution in [1.29, 1.82) is 0 Å². The van der Waals surface area contributed by atoms with Crippen molar-refractivity contribution in [3.8, 4) is 11.5 Å². The number of H-pyrrole nitrogens is 1. The van der Waals surface area contributed by atoms with Crippen LogP contribution in [0.25, 0.3) is 11.5 Å². The average molecular weight is 413 g/mol. The van der Waals surface area contributed by atoms with Crippen LogP contribution in [0, 0.1) is 5.92 Å². The van der Waals surface area contributed by atoms with Crippen LogP contribution < -0.4 is 0 Å². The maximum absolute atomic E-state index is 12.9. The maximum Gasteiger partial charge on any atom is 0.416 e. The quantitative estimate of drug-likeness (QED) is 0.605. The van der Waals surface area contributed by atoms with Gasteiger partial charge in [-0.3, -0.25) is 5.10 Å². The standard InChI is InChI=1S/C19H20ClF3N4O/c1-3-11(6-13-9-26-27-18-17(13)24-10-25-18)16(28-2)7-12-4-5-14(8-15(12)20)19(21,22)23/h4-5,8-11,16H,3,6-7H2,1-2H3,(H,24,25,27). The minimum Gasteiger partial charge on any atom is -0.381 e. The van der Waals surface area contributed by atoms with Gasteiger partial charge in [-0.25, -0.2) is 9.97 Å². The molecular formula is C19H20ClF3N4O. The molecule has 2 unspecified atom stereocenters. The Bertz CT molecular complexity index is 899. The van der Waals surface area contributed by atoms with E-state index in [1.54, 1.807) is 13.3 Å². The van der Waals surface area contributed by atoms with Crippen molar-refractivity contribution in [3.05, 3.63) is 52.4 Å². The first kappa shape index (κ1) is 20.5. The molecule has 2 atom stereocenters.